The summed E-state index contributed by atoms with van der Waals surface area (Å²) < 4.78 is 2.87. The summed E-state index contributed by atoms with van der Waals surface area (Å²) in [5.41, 5.74) is 3.24. The molecule has 0 fully saturated rings. The molecular weight excluding hydrogens is 238 g/mol. The molecule has 0 aliphatic heterocycles. The summed E-state index contributed by atoms with van der Waals surface area (Å²) in [7, 11) is 0. The fourth-order valence-electron chi connectivity index (χ4n) is 1.75. The van der Waals surface area contributed by atoms with Crippen molar-refractivity contribution in [2.75, 3.05) is 12.0 Å². The summed E-state index contributed by atoms with van der Waals surface area (Å²) in [6.45, 7) is 3.01. The molecule has 2 rings (SSSR count). The van der Waals surface area contributed by atoms with Crippen molar-refractivity contribution in [3.05, 3.63) is 22.6 Å². The Balaban J connectivity index is 2.40. The zero-order valence-corrected chi connectivity index (χ0v) is 11.1. The quantitative estimate of drug-likeness (QED) is 0.671. The number of imidazole rings is 1. The molecule has 0 radical (unpaired) electrons. The minimum atomic E-state index is 0.776. The minimum Gasteiger partial charge on any atom is -0.329 e. The van der Waals surface area contributed by atoms with Gasteiger partial charge in [0.2, 0.25) is 0 Å². The van der Waals surface area contributed by atoms with Crippen LogP contribution in [0.2, 0.25) is 0 Å². The highest BCUT2D eigenvalue weighted by atomic mass is 32.2. The van der Waals surface area contributed by atoms with Gasteiger partial charge in [0, 0.05) is 12.7 Å². The van der Waals surface area contributed by atoms with Crippen LogP contribution >= 0.6 is 24.0 Å². The lowest BCUT2D eigenvalue weighted by Gasteiger charge is -2.02. The number of aryl methyl sites for hydroxylation is 2. The molecule has 2 heterocycles. The lowest BCUT2D eigenvalue weighted by atomic mass is 10.3. The lowest BCUT2D eigenvalue weighted by Crippen LogP contribution is -2.00. The number of aromatic amines is 1. The number of pyridine rings is 1. The van der Waals surface area contributed by atoms with E-state index in [-0.39, 0.29) is 0 Å². The van der Waals surface area contributed by atoms with Gasteiger partial charge in [-0.05, 0) is 49.2 Å². The molecular formula is C11H15N3S2. The summed E-state index contributed by atoms with van der Waals surface area (Å²) in [4.78, 5) is 7.63. The topological polar surface area (TPSA) is 33.6 Å². The third-order valence-electron chi connectivity index (χ3n) is 2.60. The molecule has 0 saturated heterocycles. The van der Waals surface area contributed by atoms with Crippen molar-refractivity contribution in [2.24, 2.45) is 0 Å². The van der Waals surface area contributed by atoms with Crippen molar-refractivity contribution >= 4 is 35.1 Å². The predicted molar refractivity (Wildman–Crippen MR) is 72.7 cm³/mol. The number of hydrogen-bond donors (Lipinski definition) is 1. The number of nitrogens with zero attached hydrogens (tertiary/aromatic N) is 2. The SMILES string of the molecule is CSCCCn1c(=S)[nH]c2c(C)ccnc21. The molecule has 0 atom stereocenters. The van der Waals surface area contributed by atoms with Crippen molar-refractivity contribution in [1.82, 2.24) is 14.5 Å². The molecule has 5 heteroatoms. The van der Waals surface area contributed by atoms with Crippen LogP contribution in [0.4, 0.5) is 0 Å². The minimum absolute atomic E-state index is 0.776. The van der Waals surface area contributed by atoms with E-state index in [0.717, 1.165) is 34.7 Å². The Morgan fingerprint density at radius 3 is 3.12 bits per heavy atom. The van der Waals surface area contributed by atoms with Crippen molar-refractivity contribution < 1.29 is 0 Å². The van der Waals surface area contributed by atoms with Gasteiger partial charge in [-0.2, -0.15) is 11.8 Å². The van der Waals surface area contributed by atoms with Gasteiger partial charge in [-0.1, -0.05) is 0 Å². The first-order chi connectivity index (χ1) is 7.74. The first-order valence-electron chi connectivity index (χ1n) is 5.27. The standard InChI is InChI=1S/C11H15N3S2/c1-8-4-5-12-10-9(8)13-11(15)14(10)6-3-7-16-2/h4-5H,3,6-7H2,1-2H3,(H,13,15). The lowest BCUT2D eigenvalue weighted by molar-refractivity contribution is 0.688. The van der Waals surface area contributed by atoms with Gasteiger partial charge in [0.05, 0.1) is 5.52 Å². The smallest absolute Gasteiger partial charge is 0.179 e. The molecule has 0 saturated carbocycles. The molecule has 1 N–H and O–H groups in total. The second-order valence-corrected chi connectivity index (χ2v) is 5.13. The maximum absolute atomic E-state index is 5.32. The van der Waals surface area contributed by atoms with Crippen molar-refractivity contribution in [2.45, 2.75) is 19.9 Å². The van der Waals surface area contributed by atoms with Crippen LogP contribution in [0.3, 0.4) is 0 Å². The molecule has 2 aromatic rings. The van der Waals surface area contributed by atoms with E-state index in [1.807, 2.05) is 24.0 Å². The van der Waals surface area contributed by atoms with Gasteiger partial charge in [-0.3, -0.25) is 0 Å². The molecule has 0 aliphatic carbocycles. The average molecular weight is 253 g/mol. The normalized spacial score (nSPS) is 11.1. The highest BCUT2D eigenvalue weighted by Gasteiger charge is 2.06. The van der Waals surface area contributed by atoms with E-state index in [2.05, 4.69) is 27.7 Å². The Kier molecular flexibility index (Phi) is 3.66. The Labute approximate surface area is 104 Å². The number of aromatic nitrogens is 3. The summed E-state index contributed by atoms with van der Waals surface area (Å²) in [6.07, 6.45) is 5.08. The largest absolute Gasteiger partial charge is 0.329 e. The molecule has 86 valence electrons. The second kappa shape index (κ2) is 5.01. The van der Waals surface area contributed by atoms with E-state index >= 15 is 0 Å². The number of fused-ring (bicyclic) bond motifs is 1. The Morgan fingerprint density at radius 1 is 1.56 bits per heavy atom. The highest BCUT2D eigenvalue weighted by Crippen LogP contribution is 2.15. The van der Waals surface area contributed by atoms with Gasteiger partial charge in [0.15, 0.2) is 10.4 Å². The second-order valence-electron chi connectivity index (χ2n) is 3.75. The number of H-pyrrole nitrogens is 1. The van der Waals surface area contributed by atoms with Crippen LogP contribution in [-0.4, -0.2) is 26.5 Å². The maximum atomic E-state index is 5.32. The van der Waals surface area contributed by atoms with Gasteiger partial charge in [-0.15, -0.1) is 0 Å². The molecule has 0 spiro atoms. The zero-order valence-electron chi connectivity index (χ0n) is 9.49. The Bertz CT molecular complexity index is 542. The first kappa shape index (κ1) is 11.7. The molecule has 3 nitrogen and oxygen atoms in total. The van der Waals surface area contributed by atoms with Crippen LogP contribution < -0.4 is 0 Å². The molecule has 0 unspecified atom stereocenters. The van der Waals surface area contributed by atoms with Crippen molar-refractivity contribution in [1.29, 1.82) is 0 Å². The van der Waals surface area contributed by atoms with E-state index in [0.29, 0.717) is 0 Å². The molecule has 0 aliphatic rings. The Morgan fingerprint density at radius 2 is 2.38 bits per heavy atom. The molecule has 2 aromatic heterocycles. The van der Waals surface area contributed by atoms with Crippen LogP contribution in [0, 0.1) is 11.7 Å². The Hall–Kier alpha value is -0.810. The predicted octanol–water partition coefficient (Wildman–Crippen LogP) is 3.16. The number of rotatable bonds is 4. The summed E-state index contributed by atoms with van der Waals surface area (Å²) >= 11 is 7.18. The fourth-order valence-corrected chi connectivity index (χ4v) is 2.45. The van der Waals surface area contributed by atoms with Gasteiger partial charge in [0.25, 0.3) is 0 Å². The highest BCUT2D eigenvalue weighted by molar-refractivity contribution is 7.98. The average Bonchev–Trinajstić information content (AvgIpc) is 2.58. The van der Waals surface area contributed by atoms with E-state index in [4.69, 9.17) is 12.2 Å². The molecule has 0 aromatic carbocycles. The van der Waals surface area contributed by atoms with Crippen LogP contribution in [0.5, 0.6) is 0 Å². The first-order valence-corrected chi connectivity index (χ1v) is 7.07. The molecule has 0 bridgehead atoms. The van der Waals surface area contributed by atoms with Gasteiger partial charge in [0.1, 0.15) is 0 Å². The monoisotopic (exact) mass is 253 g/mol. The summed E-state index contributed by atoms with van der Waals surface area (Å²) in [5.74, 6) is 1.15. The van der Waals surface area contributed by atoms with E-state index in [1.165, 1.54) is 5.56 Å². The van der Waals surface area contributed by atoms with Crippen molar-refractivity contribution in [3.63, 3.8) is 0 Å². The number of nitrogens with one attached hydrogen (secondary N) is 1. The fraction of sp³-hybridized carbons (Fsp3) is 0.455. The van der Waals surface area contributed by atoms with E-state index in [1.54, 1.807) is 0 Å². The summed E-state index contributed by atoms with van der Waals surface area (Å²) in [5, 5.41) is 0. The maximum Gasteiger partial charge on any atom is 0.179 e. The molecule has 16 heavy (non-hydrogen) atoms. The molecule has 0 amide bonds. The third kappa shape index (κ3) is 2.15. The summed E-state index contributed by atoms with van der Waals surface area (Å²) in [6, 6.07) is 2.00. The van der Waals surface area contributed by atoms with Gasteiger partial charge >= 0.3 is 0 Å². The van der Waals surface area contributed by atoms with Crippen LogP contribution in [0.25, 0.3) is 11.2 Å². The number of hydrogen-bond acceptors (Lipinski definition) is 3. The van der Waals surface area contributed by atoms with Gasteiger partial charge < -0.3 is 9.55 Å². The van der Waals surface area contributed by atoms with Gasteiger partial charge in [-0.25, -0.2) is 4.98 Å². The third-order valence-corrected chi connectivity index (χ3v) is 3.62. The van der Waals surface area contributed by atoms with Crippen LogP contribution in [-0.2, 0) is 6.54 Å². The van der Waals surface area contributed by atoms with E-state index in [9.17, 15) is 0 Å². The van der Waals surface area contributed by atoms with Crippen LogP contribution in [0.15, 0.2) is 12.3 Å². The van der Waals surface area contributed by atoms with Crippen LogP contribution in [0.1, 0.15) is 12.0 Å². The number of thioether (sulfide) groups is 1. The van der Waals surface area contributed by atoms with Crippen molar-refractivity contribution in [3.8, 4) is 0 Å². The van der Waals surface area contributed by atoms with E-state index < -0.39 is 0 Å². The zero-order chi connectivity index (χ0) is 11.5.